The summed E-state index contributed by atoms with van der Waals surface area (Å²) in [7, 11) is 0. The van der Waals surface area contributed by atoms with Gasteiger partial charge in [-0.2, -0.15) is 0 Å². The average molecular weight is 284 g/mol. The van der Waals surface area contributed by atoms with Crippen molar-refractivity contribution >= 4 is 16.6 Å². The van der Waals surface area contributed by atoms with Crippen LogP contribution in [0.1, 0.15) is 19.4 Å². The smallest absolute Gasteiger partial charge is 0.136 e. The fourth-order valence-electron chi connectivity index (χ4n) is 3.10. The molecule has 0 aliphatic carbocycles. The number of pyridine rings is 1. The van der Waals surface area contributed by atoms with Crippen molar-refractivity contribution in [3.8, 4) is 0 Å². The summed E-state index contributed by atoms with van der Waals surface area (Å²) in [6, 6.07) is 9.08. The Kier molecular flexibility index (Phi) is 4.08. The third-order valence-corrected chi connectivity index (χ3v) is 4.42. The third kappa shape index (κ3) is 2.74. The second kappa shape index (κ2) is 6.00. The van der Waals surface area contributed by atoms with Crippen LogP contribution in [-0.4, -0.2) is 42.1 Å². The van der Waals surface area contributed by atoms with Crippen LogP contribution in [0.3, 0.4) is 0 Å². The predicted molar refractivity (Wildman–Crippen MR) is 88.6 cm³/mol. The summed E-state index contributed by atoms with van der Waals surface area (Å²) in [6.07, 6.45) is 1.94. The van der Waals surface area contributed by atoms with Gasteiger partial charge in [-0.25, -0.2) is 4.98 Å². The van der Waals surface area contributed by atoms with Crippen LogP contribution in [0.4, 0.5) is 5.82 Å². The molecule has 0 radical (unpaired) electrons. The summed E-state index contributed by atoms with van der Waals surface area (Å²) in [6.45, 7) is 9.35. The van der Waals surface area contributed by atoms with Crippen molar-refractivity contribution in [1.29, 1.82) is 0 Å². The van der Waals surface area contributed by atoms with Gasteiger partial charge in [-0.3, -0.25) is 4.90 Å². The van der Waals surface area contributed by atoms with Gasteiger partial charge in [0.05, 0.1) is 0 Å². The number of hydrogen-bond acceptors (Lipinski definition) is 4. The zero-order chi connectivity index (χ0) is 14.8. The Hall–Kier alpha value is -1.65. The van der Waals surface area contributed by atoms with E-state index < -0.39 is 0 Å². The summed E-state index contributed by atoms with van der Waals surface area (Å²) >= 11 is 0. The molecule has 1 aromatic carbocycles. The summed E-state index contributed by atoms with van der Waals surface area (Å²) in [5.41, 5.74) is 6.96. The first kappa shape index (κ1) is 14.3. The van der Waals surface area contributed by atoms with Gasteiger partial charge >= 0.3 is 0 Å². The Bertz CT molecular complexity index is 615. The van der Waals surface area contributed by atoms with E-state index in [1.807, 2.05) is 6.20 Å². The Labute approximate surface area is 126 Å². The lowest BCUT2D eigenvalue weighted by molar-refractivity contribution is 0.209. The van der Waals surface area contributed by atoms with E-state index in [0.29, 0.717) is 12.6 Å². The first-order chi connectivity index (χ1) is 10.2. The molecule has 0 bridgehead atoms. The second-order valence-corrected chi connectivity index (χ2v) is 5.97. The van der Waals surface area contributed by atoms with Gasteiger partial charge in [-0.1, -0.05) is 24.3 Å². The molecule has 0 spiro atoms. The third-order valence-electron chi connectivity index (χ3n) is 4.42. The van der Waals surface area contributed by atoms with Crippen molar-refractivity contribution in [2.24, 2.45) is 5.73 Å². The zero-order valence-corrected chi connectivity index (χ0v) is 12.9. The first-order valence-electron chi connectivity index (χ1n) is 7.76. The van der Waals surface area contributed by atoms with E-state index in [1.54, 1.807) is 0 Å². The standard InChI is InChI=1S/C17H24N4/c1-13(2)20-7-9-21(10-8-20)17-16-6-4-3-5-15(16)14(11-18)12-19-17/h3-6,12-13H,7-11,18H2,1-2H3. The van der Waals surface area contributed by atoms with Gasteiger partial charge < -0.3 is 10.6 Å². The molecule has 4 nitrogen and oxygen atoms in total. The fourth-order valence-corrected chi connectivity index (χ4v) is 3.10. The number of aromatic nitrogens is 1. The predicted octanol–water partition coefficient (Wildman–Crippen LogP) is 2.22. The largest absolute Gasteiger partial charge is 0.354 e. The summed E-state index contributed by atoms with van der Waals surface area (Å²) < 4.78 is 0. The van der Waals surface area contributed by atoms with E-state index in [9.17, 15) is 0 Å². The molecule has 0 saturated carbocycles. The van der Waals surface area contributed by atoms with E-state index in [-0.39, 0.29) is 0 Å². The summed E-state index contributed by atoms with van der Waals surface area (Å²) in [4.78, 5) is 9.62. The SMILES string of the molecule is CC(C)N1CCN(c2ncc(CN)c3ccccc23)CC1. The molecule has 2 N–H and O–H groups in total. The maximum atomic E-state index is 5.84. The van der Waals surface area contributed by atoms with Crippen LogP contribution in [0.15, 0.2) is 30.5 Å². The minimum atomic E-state index is 0.537. The van der Waals surface area contributed by atoms with Gasteiger partial charge in [0.1, 0.15) is 5.82 Å². The quantitative estimate of drug-likeness (QED) is 0.939. The topological polar surface area (TPSA) is 45.4 Å². The van der Waals surface area contributed by atoms with E-state index in [0.717, 1.165) is 37.6 Å². The highest BCUT2D eigenvalue weighted by atomic mass is 15.3. The van der Waals surface area contributed by atoms with E-state index in [2.05, 4.69) is 47.9 Å². The Balaban J connectivity index is 1.92. The highest BCUT2D eigenvalue weighted by Crippen LogP contribution is 2.27. The van der Waals surface area contributed by atoms with Crippen LogP contribution in [0, 0.1) is 0 Å². The lowest BCUT2D eigenvalue weighted by Crippen LogP contribution is -2.49. The van der Waals surface area contributed by atoms with Crippen LogP contribution in [-0.2, 0) is 6.54 Å². The molecular formula is C17H24N4. The molecule has 3 rings (SSSR count). The van der Waals surface area contributed by atoms with Crippen molar-refractivity contribution in [3.05, 3.63) is 36.0 Å². The van der Waals surface area contributed by atoms with Crippen molar-refractivity contribution < 1.29 is 0 Å². The number of benzene rings is 1. The van der Waals surface area contributed by atoms with Crippen LogP contribution < -0.4 is 10.6 Å². The molecule has 1 aromatic heterocycles. The normalized spacial score (nSPS) is 16.9. The number of piperazine rings is 1. The van der Waals surface area contributed by atoms with Gasteiger partial charge in [0.25, 0.3) is 0 Å². The molecule has 2 heterocycles. The summed E-state index contributed by atoms with van der Waals surface area (Å²) in [5.74, 6) is 1.10. The molecule has 2 aromatic rings. The zero-order valence-electron chi connectivity index (χ0n) is 12.9. The molecule has 1 fully saturated rings. The Morgan fingerprint density at radius 1 is 1.10 bits per heavy atom. The number of fused-ring (bicyclic) bond motifs is 1. The Morgan fingerprint density at radius 2 is 1.76 bits per heavy atom. The number of anilines is 1. The first-order valence-corrected chi connectivity index (χ1v) is 7.76. The van der Waals surface area contributed by atoms with E-state index in [4.69, 9.17) is 10.7 Å². The average Bonchev–Trinajstić information content (AvgIpc) is 2.54. The van der Waals surface area contributed by atoms with Crippen molar-refractivity contribution in [2.75, 3.05) is 31.1 Å². The molecular weight excluding hydrogens is 260 g/mol. The van der Waals surface area contributed by atoms with Gasteiger partial charge in [0.15, 0.2) is 0 Å². The van der Waals surface area contributed by atoms with E-state index >= 15 is 0 Å². The minimum Gasteiger partial charge on any atom is -0.354 e. The molecule has 1 aliphatic heterocycles. The molecule has 21 heavy (non-hydrogen) atoms. The monoisotopic (exact) mass is 284 g/mol. The van der Waals surface area contributed by atoms with Crippen molar-refractivity contribution in [2.45, 2.75) is 26.4 Å². The molecule has 1 aliphatic rings. The van der Waals surface area contributed by atoms with Crippen LogP contribution >= 0.6 is 0 Å². The van der Waals surface area contributed by atoms with Gasteiger partial charge in [0.2, 0.25) is 0 Å². The lowest BCUT2D eigenvalue weighted by Gasteiger charge is -2.38. The highest BCUT2D eigenvalue weighted by Gasteiger charge is 2.21. The minimum absolute atomic E-state index is 0.537. The maximum absolute atomic E-state index is 5.84. The molecule has 1 saturated heterocycles. The van der Waals surface area contributed by atoms with Crippen LogP contribution in [0.2, 0.25) is 0 Å². The molecule has 112 valence electrons. The number of hydrogen-bond donors (Lipinski definition) is 1. The molecule has 4 heteroatoms. The number of nitrogens with zero attached hydrogens (tertiary/aromatic N) is 3. The second-order valence-electron chi connectivity index (χ2n) is 5.97. The van der Waals surface area contributed by atoms with Gasteiger partial charge in [0, 0.05) is 50.3 Å². The van der Waals surface area contributed by atoms with Gasteiger partial charge in [-0.05, 0) is 24.8 Å². The van der Waals surface area contributed by atoms with E-state index in [1.165, 1.54) is 10.8 Å². The molecule has 0 amide bonds. The van der Waals surface area contributed by atoms with Crippen LogP contribution in [0.25, 0.3) is 10.8 Å². The Morgan fingerprint density at radius 3 is 2.38 bits per heavy atom. The molecule has 0 unspecified atom stereocenters. The lowest BCUT2D eigenvalue weighted by atomic mass is 10.1. The van der Waals surface area contributed by atoms with Crippen molar-refractivity contribution in [1.82, 2.24) is 9.88 Å². The highest BCUT2D eigenvalue weighted by molar-refractivity contribution is 5.94. The number of rotatable bonds is 3. The van der Waals surface area contributed by atoms with Crippen molar-refractivity contribution in [3.63, 3.8) is 0 Å². The molecule has 0 atom stereocenters. The maximum Gasteiger partial charge on any atom is 0.136 e. The number of nitrogens with two attached hydrogens (primary N) is 1. The van der Waals surface area contributed by atoms with Crippen LogP contribution in [0.5, 0.6) is 0 Å². The fraction of sp³-hybridized carbons (Fsp3) is 0.471. The van der Waals surface area contributed by atoms with Gasteiger partial charge in [-0.15, -0.1) is 0 Å². The summed E-state index contributed by atoms with van der Waals surface area (Å²) in [5, 5.41) is 2.45.